The van der Waals surface area contributed by atoms with Gasteiger partial charge in [0.05, 0.1) is 11.8 Å². The molecule has 3 unspecified atom stereocenters. The van der Waals surface area contributed by atoms with Crippen molar-refractivity contribution in [2.24, 2.45) is 11.3 Å². The van der Waals surface area contributed by atoms with E-state index >= 15 is 0 Å². The number of allylic oxidation sites excluding steroid dienone is 1. The molecule has 3 fully saturated rings. The van der Waals surface area contributed by atoms with Gasteiger partial charge in [0, 0.05) is 30.3 Å². The first-order chi connectivity index (χ1) is 23.2. The van der Waals surface area contributed by atoms with Gasteiger partial charge in [-0.3, -0.25) is 23.9 Å². The van der Waals surface area contributed by atoms with Crippen molar-refractivity contribution in [1.82, 2.24) is 25.2 Å². The van der Waals surface area contributed by atoms with Gasteiger partial charge in [-0.25, -0.2) is 13.4 Å². The van der Waals surface area contributed by atoms with Crippen molar-refractivity contribution in [3.63, 3.8) is 0 Å². The zero-order valence-corrected chi connectivity index (χ0v) is 28.8. The molecule has 2 aliphatic carbocycles. The quantitative estimate of drug-likeness (QED) is 0.385. The molecule has 5 atom stereocenters. The number of benzene rings is 1. The zero-order chi connectivity index (χ0) is 35.1. The zero-order valence-electron chi connectivity index (χ0n) is 27.9. The van der Waals surface area contributed by atoms with E-state index in [-0.39, 0.29) is 31.7 Å². The standard InChI is InChI=1S/C35H43N5O8S/c1-5-22-19-35(22,33(44)39-49(45,46)25-12-13-25)38-30(42)27-18-24-20-40(27)32(43)29(34(2,3)4)37-28(41)9-7-6-8-16-47-23-11-10-21-14-15-36-31(48-24)26(21)17-23/h5-6,8,10-11,14-15,17,22,24-25,27,29H,1,7,9,12-13,16,18-20H2,2-4H3,(H,37,41)(H,38,42)(H,39,44)/b8-6+/t22-,24?,27?,29?,35-/m0/s1. The first-order valence-electron chi connectivity index (χ1n) is 16.7. The molecular weight excluding hydrogens is 650 g/mol. The van der Waals surface area contributed by atoms with Crippen LogP contribution in [0.3, 0.4) is 0 Å². The van der Waals surface area contributed by atoms with E-state index in [0.717, 1.165) is 5.39 Å². The Kier molecular flexibility index (Phi) is 9.20. The Hall–Kier alpha value is -4.46. The van der Waals surface area contributed by atoms with E-state index < -0.39 is 68.1 Å². The highest BCUT2D eigenvalue weighted by Crippen LogP contribution is 2.45. The Labute approximate surface area is 285 Å². The number of aromatic nitrogens is 1. The molecule has 0 spiro atoms. The van der Waals surface area contributed by atoms with Gasteiger partial charge in [-0.05, 0) is 54.7 Å². The summed E-state index contributed by atoms with van der Waals surface area (Å²) in [7, 11) is -3.88. The van der Waals surface area contributed by atoms with Crippen LogP contribution in [0.4, 0.5) is 0 Å². The van der Waals surface area contributed by atoms with Crippen LogP contribution in [0.15, 0.2) is 55.3 Å². The summed E-state index contributed by atoms with van der Waals surface area (Å²) in [6, 6.07) is 5.30. The van der Waals surface area contributed by atoms with Crippen LogP contribution in [0.2, 0.25) is 0 Å². The number of carbonyl (C=O) groups excluding carboxylic acids is 4. The number of pyridine rings is 1. The van der Waals surface area contributed by atoms with E-state index in [2.05, 4.69) is 26.9 Å². The minimum absolute atomic E-state index is 0.00346. The normalized spacial score (nSPS) is 28.3. The van der Waals surface area contributed by atoms with E-state index in [1.165, 1.54) is 11.0 Å². The lowest BCUT2D eigenvalue weighted by atomic mass is 9.85. The average Bonchev–Trinajstić information content (AvgIpc) is 3.97. The fourth-order valence-corrected chi connectivity index (χ4v) is 7.81. The number of hydrogen-bond acceptors (Lipinski definition) is 9. The summed E-state index contributed by atoms with van der Waals surface area (Å²) in [5.74, 6) is -1.88. The molecule has 2 aromatic rings. The van der Waals surface area contributed by atoms with Gasteiger partial charge in [-0.15, -0.1) is 6.58 Å². The number of nitrogens with zero attached hydrogens (tertiary/aromatic N) is 2. The lowest BCUT2D eigenvalue weighted by Gasteiger charge is -2.35. The van der Waals surface area contributed by atoms with E-state index in [1.807, 2.05) is 57.2 Å². The van der Waals surface area contributed by atoms with Crippen LogP contribution in [0.1, 0.15) is 59.3 Å². The minimum atomic E-state index is -3.88. The molecule has 3 N–H and O–H groups in total. The van der Waals surface area contributed by atoms with Gasteiger partial charge in [-0.2, -0.15) is 0 Å². The second-order valence-corrected chi connectivity index (χ2v) is 16.3. The number of hydrogen-bond donors (Lipinski definition) is 3. The number of carbonyl (C=O) groups is 4. The molecule has 14 heteroatoms. The maximum Gasteiger partial charge on any atom is 0.259 e. The number of amides is 4. The largest absolute Gasteiger partial charge is 0.490 e. The molecule has 1 aromatic heterocycles. The molecule has 0 radical (unpaired) electrons. The van der Waals surface area contributed by atoms with E-state index in [9.17, 15) is 27.6 Å². The lowest BCUT2D eigenvalue weighted by Crippen LogP contribution is -2.60. The molecule has 13 nitrogen and oxygen atoms in total. The molecule has 4 bridgehead atoms. The highest BCUT2D eigenvalue weighted by Gasteiger charge is 2.62. The lowest BCUT2D eigenvalue weighted by molar-refractivity contribution is -0.144. The summed E-state index contributed by atoms with van der Waals surface area (Å²) in [4.78, 5) is 60.9. The SMILES string of the molecule is C=C[C@H]1C[C@@]1(NC(=O)C1CC2CN1C(=O)C(C(C)(C)C)NC(=O)CC/C=C/COc1ccc3ccnc(c3c1)O2)C(=O)NS(=O)(=O)C1CC1. The van der Waals surface area contributed by atoms with Crippen LogP contribution >= 0.6 is 0 Å². The fourth-order valence-electron chi connectivity index (χ4n) is 6.45. The summed E-state index contributed by atoms with van der Waals surface area (Å²) in [6.07, 6.45) is 7.83. The summed E-state index contributed by atoms with van der Waals surface area (Å²) in [6.45, 7) is 9.54. The van der Waals surface area contributed by atoms with E-state index in [4.69, 9.17) is 9.47 Å². The first-order valence-corrected chi connectivity index (χ1v) is 18.2. The van der Waals surface area contributed by atoms with Crippen LogP contribution in [-0.2, 0) is 29.2 Å². The van der Waals surface area contributed by atoms with Crippen molar-refractivity contribution in [3.8, 4) is 11.6 Å². The van der Waals surface area contributed by atoms with Gasteiger partial charge >= 0.3 is 0 Å². The van der Waals surface area contributed by atoms with Crippen molar-refractivity contribution in [2.75, 3.05) is 13.2 Å². The first kappa shape index (κ1) is 34.4. The molecule has 4 amide bonds. The summed E-state index contributed by atoms with van der Waals surface area (Å²) < 4.78 is 39.8. The predicted molar refractivity (Wildman–Crippen MR) is 181 cm³/mol. The average molecular weight is 694 g/mol. The molecule has 1 saturated heterocycles. The maximum absolute atomic E-state index is 14.4. The predicted octanol–water partition coefficient (Wildman–Crippen LogP) is 2.51. The maximum atomic E-state index is 14.4. The van der Waals surface area contributed by atoms with Gasteiger partial charge < -0.3 is 25.0 Å². The van der Waals surface area contributed by atoms with Gasteiger partial charge in [0.25, 0.3) is 5.91 Å². The number of nitrogens with one attached hydrogen (secondary N) is 3. The van der Waals surface area contributed by atoms with Crippen molar-refractivity contribution >= 4 is 44.4 Å². The van der Waals surface area contributed by atoms with Crippen molar-refractivity contribution in [1.29, 1.82) is 0 Å². The van der Waals surface area contributed by atoms with Crippen molar-refractivity contribution in [2.45, 2.75) is 88.3 Å². The second kappa shape index (κ2) is 13.1. The number of rotatable bonds is 6. The van der Waals surface area contributed by atoms with Gasteiger partial charge in [0.15, 0.2) is 0 Å². The highest BCUT2D eigenvalue weighted by atomic mass is 32.2. The van der Waals surface area contributed by atoms with Crippen LogP contribution in [0, 0.1) is 11.3 Å². The minimum Gasteiger partial charge on any atom is -0.490 e. The molecule has 4 aliphatic rings. The van der Waals surface area contributed by atoms with Crippen LogP contribution in [0.25, 0.3) is 10.8 Å². The van der Waals surface area contributed by atoms with Crippen molar-refractivity contribution in [3.05, 3.63) is 55.3 Å². The topological polar surface area (TPSA) is 173 Å². The van der Waals surface area contributed by atoms with Crippen LogP contribution in [-0.4, -0.2) is 84.1 Å². The van der Waals surface area contributed by atoms with E-state index in [1.54, 1.807) is 6.20 Å². The monoisotopic (exact) mass is 693 g/mol. The molecular formula is C35H43N5O8S. The Morgan fingerprint density at radius 3 is 2.63 bits per heavy atom. The molecule has 2 aliphatic heterocycles. The molecule has 1 aromatic carbocycles. The molecule has 3 heterocycles. The van der Waals surface area contributed by atoms with E-state index in [0.29, 0.717) is 42.9 Å². The molecule has 49 heavy (non-hydrogen) atoms. The van der Waals surface area contributed by atoms with Gasteiger partial charge in [-0.1, -0.05) is 45.1 Å². The fraction of sp³-hybridized carbons (Fsp3) is 0.514. The number of ether oxygens (including phenoxy) is 2. The third-order valence-electron chi connectivity index (χ3n) is 9.55. The number of sulfonamides is 1. The van der Waals surface area contributed by atoms with Crippen molar-refractivity contribution < 1.29 is 37.1 Å². The Bertz CT molecular complexity index is 1820. The highest BCUT2D eigenvalue weighted by molar-refractivity contribution is 7.91. The van der Waals surface area contributed by atoms with Gasteiger partial charge in [0.1, 0.15) is 36.1 Å². The smallest absolute Gasteiger partial charge is 0.259 e. The Morgan fingerprint density at radius 2 is 1.94 bits per heavy atom. The summed E-state index contributed by atoms with van der Waals surface area (Å²) in [5.41, 5.74) is -2.26. The Balaban J connectivity index is 1.33. The summed E-state index contributed by atoms with van der Waals surface area (Å²) in [5, 5.41) is 6.60. The molecule has 262 valence electrons. The third-order valence-corrected chi connectivity index (χ3v) is 11.4. The van der Waals surface area contributed by atoms with Crippen LogP contribution in [0.5, 0.6) is 11.6 Å². The Morgan fingerprint density at radius 1 is 1.16 bits per heavy atom. The van der Waals surface area contributed by atoms with Crippen LogP contribution < -0.4 is 24.8 Å². The molecule has 6 rings (SSSR count). The second-order valence-electron chi connectivity index (χ2n) is 14.4. The number of fused-ring (bicyclic) bond motifs is 3. The van der Waals surface area contributed by atoms with Gasteiger partial charge in [0.2, 0.25) is 33.6 Å². The third kappa shape index (κ3) is 7.29. The molecule has 2 saturated carbocycles. The summed E-state index contributed by atoms with van der Waals surface area (Å²) >= 11 is 0.